The Labute approximate surface area is 341 Å². The van der Waals surface area contributed by atoms with Gasteiger partial charge in [-0.2, -0.15) is 23.1 Å². The number of fused-ring (bicyclic) bond motifs is 7. The third kappa shape index (κ3) is 7.92. The van der Waals surface area contributed by atoms with E-state index in [0.717, 1.165) is 59.0 Å². The summed E-state index contributed by atoms with van der Waals surface area (Å²) < 4.78 is 113. The van der Waals surface area contributed by atoms with E-state index in [1.54, 1.807) is 11.8 Å². The summed E-state index contributed by atoms with van der Waals surface area (Å²) >= 11 is 0. The zero-order chi connectivity index (χ0) is 42.6. The van der Waals surface area contributed by atoms with Gasteiger partial charge < -0.3 is 29.2 Å². The summed E-state index contributed by atoms with van der Waals surface area (Å²) in [6, 6.07) is 2.50. The number of benzene rings is 2. The molecule has 5 aliphatic heterocycles. The van der Waals surface area contributed by atoms with E-state index in [1.807, 2.05) is 0 Å². The number of carbonyl (C=O) groups excluding carboxylic acids is 2. The molecule has 7 heterocycles. The molecule has 0 aliphatic carbocycles. The van der Waals surface area contributed by atoms with Gasteiger partial charge in [0.05, 0.1) is 36.2 Å². The first-order valence-corrected chi connectivity index (χ1v) is 19.9. The highest BCUT2D eigenvalue weighted by Gasteiger charge is 2.46. The Bertz CT molecular complexity index is 2310. The monoisotopic (exact) mass is 845 g/mol. The molecule has 3 fully saturated rings. The number of nitrogens with zero attached hydrogens (tertiary/aromatic N) is 6. The minimum atomic E-state index is -4.86. The first-order valence-electron chi connectivity index (χ1n) is 19.9. The molecule has 322 valence electrons. The fourth-order valence-corrected chi connectivity index (χ4v) is 9.33. The summed E-state index contributed by atoms with van der Waals surface area (Å²) in [6.07, 6.45) is -3.38. The maximum atomic E-state index is 17.5. The number of anilines is 1. The summed E-state index contributed by atoms with van der Waals surface area (Å²) in [7, 11) is 1.97. The summed E-state index contributed by atoms with van der Waals surface area (Å²) in [5.41, 5.74) is -1.98. The second kappa shape index (κ2) is 16.0. The number of hydrogen-bond donors (Lipinski definition) is 1. The molecule has 3 saturated heterocycles. The maximum absolute atomic E-state index is 17.5. The lowest BCUT2D eigenvalue weighted by Gasteiger charge is -2.42. The van der Waals surface area contributed by atoms with E-state index in [-0.39, 0.29) is 107 Å². The molecule has 9 rings (SSSR count). The van der Waals surface area contributed by atoms with E-state index in [2.05, 4.69) is 20.2 Å². The minimum absolute atomic E-state index is 0.0223. The molecule has 3 unspecified atom stereocenters. The van der Waals surface area contributed by atoms with Gasteiger partial charge in [0.15, 0.2) is 11.9 Å². The molecule has 4 aromatic rings. The molecule has 3 atom stereocenters. The molecule has 2 aromatic carbocycles. The van der Waals surface area contributed by atoms with Crippen molar-refractivity contribution >= 4 is 39.7 Å². The van der Waals surface area contributed by atoms with E-state index < -0.39 is 54.4 Å². The SMILES string of the molecule is COCC(N(C)C(=O)Oc1cc2c3c(c(F)ccc3c1)CCCOC(=O)NC1(C)CC(F)CN(C1)c1nc(OCC34CCCN3CCC4)nc3c(F)c-2ncc13)C(F)(F)F. The Kier molecular flexibility index (Phi) is 11.1. The smallest absolute Gasteiger partial charge is 0.415 e. The predicted molar refractivity (Wildman–Crippen MR) is 207 cm³/mol. The van der Waals surface area contributed by atoms with Gasteiger partial charge in [-0.3, -0.25) is 14.8 Å². The lowest BCUT2D eigenvalue weighted by molar-refractivity contribution is -0.185. The Morgan fingerprint density at radius 1 is 1.13 bits per heavy atom. The molecular formula is C41H45F6N7O6. The number of carbonyl (C=O) groups is 2. The van der Waals surface area contributed by atoms with Crippen molar-refractivity contribution in [3.63, 3.8) is 0 Å². The van der Waals surface area contributed by atoms with Crippen molar-refractivity contribution in [1.82, 2.24) is 30.1 Å². The number of piperidine rings is 1. The average Bonchev–Trinajstić information content (AvgIpc) is 3.77. The van der Waals surface area contributed by atoms with Crippen LogP contribution in [0.5, 0.6) is 11.8 Å². The molecule has 19 heteroatoms. The first-order chi connectivity index (χ1) is 28.6. The number of pyridine rings is 1. The molecule has 2 aromatic heterocycles. The number of alkyl carbamates (subject to hydrolysis) is 1. The number of amides is 2. The number of aryl methyl sites for hydroxylation is 1. The Morgan fingerprint density at radius 2 is 1.90 bits per heavy atom. The molecule has 2 amide bonds. The van der Waals surface area contributed by atoms with Crippen LogP contribution in [0.3, 0.4) is 0 Å². The van der Waals surface area contributed by atoms with Gasteiger partial charge in [0.25, 0.3) is 0 Å². The highest BCUT2D eigenvalue weighted by Crippen LogP contribution is 2.42. The number of likely N-dealkylation sites (N-methyl/N-ethyl adjacent to an activating group) is 1. The first kappa shape index (κ1) is 41.6. The van der Waals surface area contributed by atoms with Crippen molar-refractivity contribution < 1.29 is 54.9 Å². The summed E-state index contributed by atoms with van der Waals surface area (Å²) in [5.74, 6) is -1.86. The Balaban J connectivity index is 1.30. The van der Waals surface area contributed by atoms with E-state index in [4.69, 9.17) is 23.9 Å². The Hall–Kier alpha value is -5.17. The van der Waals surface area contributed by atoms with E-state index in [0.29, 0.717) is 4.90 Å². The van der Waals surface area contributed by atoms with Crippen LogP contribution < -0.4 is 19.7 Å². The quantitative estimate of drug-likeness (QED) is 0.191. The van der Waals surface area contributed by atoms with Gasteiger partial charge in [-0.25, -0.2) is 22.8 Å². The van der Waals surface area contributed by atoms with Crippen molar-refractivity contribution in [1.29, 1.82) is 0 Å². The van der Waals surface area contributed by atoms with Gasteiger partial charge in [0.1, 0.15) is 41.4 Å². The van der Waals surface area contributed by atoms with Crippen LogP contribution in [0.25, 0.3) is 32.9 Å². The molecule has 1 N–H and O–H groups in total. The number of nitrogens with one attached hydrogen (secondary N) is 1. The maximum Gasteiger partial charge on any atom is 0.415 e. The molecule has 13 nitrogen and oxygen atoms in total. The van der Waals surface area contributed by atoms with Crippen LogP contribution in [-0.4, -0.2) is 127 Å². The van der Waals surface area contributed by atoms with Crippen LogP contribution in [0.4, 0.5) is 41.7 Å². The van der Waals surface area contributed by atoms with Gasteiger partial charge in [-0.05, 0) is 93.1 Å². The van der Waals surface area contributed by atoms with Crippen LogP contribution >= 0.6 is 0 Å². The number of aromatic nitrogens is 3. The van der Waals surface area contributed by atoms with Crippen molar-refractivity contribution in [2.45, 2.75) is 81.3 Å². The van der Waals surface area contributed by atoms with Crippen LogP contribution in [-0.2, 0) is 15.9 Å². The van der Waals surface area contributed by atoms with E-state index in [1.165, 1.54) is 24.4 Å². The van der Waals surface area contributed by atoms with Crippen LogP contribution in [0.2, 0.25) is 0 Å². The lowest BCUT2D eigenvalue weighted by Crippen LogP contribution is -2.60. The minimum Gasteiger partial charge on any atom is -0.461 e. The van der Waals surface area contributed by atoms with Crippen molar-refractivity contribution in [2.75, 3.05) is 65.1 Å². The largest absolute Gasteiger partial charge is 0.461 e. The molecule has 0 radical (unpaired) electrons. The normalized spacial score (nSPS) is 22.4. The van der Waals surface area contributed by atoms with Gasteiger partial charge in [0, 0.05) is 38.9 Å². The molecule has 0 saturated carbocycles. The number of rotatable bonds is 7. The number of methoxy groups -OCH3 is 1. The van der Waals surface area contributed by atoms with Crippen LogP contribution in [0.1, 0.15) is 51.0 Å². The molecule has 0 spiro atoms. The standard InChI is InChI=1S/C41H45F6N7O6/c1-39-17-24(42)19-53(21-39)35-28-18-48-33(32(44)34(28)49-36(50-35)59-22-40-10-5-12-54(40)13-6-11-40)27-16-25(60-38(56)52(2)30(20-57-3)41(45,46)47)15-23-8-9-29(43)26(31(23)27)7-4-14-58-37(55)51-39/h8-9,15-16,18,24,30H,4-7,10-14,17,19-22H2,1-3H3,(H,51,55). The second-order valence-electron chi connectivity index (χ2n) is 16.4. The van der Waals surface area contributed by atoms with Gasteiger partial charge >= 0.3 is 24.4 Å². The average molecular weight is 846 g/mol. The zero-order valence-electron chi connectivity index (χ0n) is 33.3. The number of hydrogen-bond acceptors (Lipinski definition) is 11. The molecular weight excluding hydrogens is 800 g/mol. The fourth-order valence-electron chi connectivity index (χ4n) is 9.33. The molecule has 60 heavy (non-hydrogen) atoms. The fraction of sp³-hybridized carbons (Fsp3) is 0.537. The summed E-state index contributed by atoms with van der Waals surface area (Å²) in [6.45, 7) is 2.61. The lowest BCUT2D eigenvalue weighted by atomic mass is 9.90. The topological polar surface area (TPSA) is 131 Å². The number of halogens is 6. The molecule has 5 aliphatic rings. The van der Waals surface area contributed by atoms with Crippen LogP contribution in [0.15, 0.2) is 30.5 Å². The number of ether oxygens (including phenoxy) is 4. The van der Waals surface area contributed by atoms with Crippen molar-refractivity contribution in [3.05, 3.63) is 47.7 Å². The van der Waals surface area contributed by atoms with E-state index in [9.17, 15) is 22.8 Å². The highest BCUT2D eigenvalue weighted by molar-refractivity contribution is 6.02. The van der Waals surface area contributed by atoms with Crippen LogP contribution in [0, 0.1) is 11.6 Å². The van der Waals surface area contributed by atoms with Gasteiger partial charge in [0.2, 0.25) is 0 Å². The Morgan fingerprint density at radius 3 is 2.63 bits per heavy atom. The summed E-state index contributed by atoms with van der Waals surface area (Å²) in [4.78, 5) is 44.4. The third-order valence-electron chi connectivity index (χ3n) is 12.1. The second-order valence-corrected chi connectivity index (χ2v) is 16.4. The molecule has 6 bridgehead atoms. The highest BCUT2D eigenvalue weighted by atomic mass is 19.4. The van der Waals surface area contributed by atoms with Crippen molar-refractivity contribution in [2.24, 2.45) is 0 Å². The third-order valence-corrected chi connectivity index (χ3v) is 12.1. The summed E-state index contributed by atoms with van der Waals surface area (Å²) in [5, 5.41) is 3.27. The predicted octanol–water partition coefficient (Wildman–Crippen LogP) is 7.12. The zero-order valence-corrected chi connectivity index (χ0v) is 33.3. The van der Waals surface area contributed by atoms with Gasteiger partial charge in [-0.1, -0.05) is 6.07 Å². The van der Waals surface area contributed by atoms with Crippen molar-refractivity contribution in [3.8, 4) is 23.0 Å². The number of alkyl halides is 4. The van der Waals surface area contributed by atoms with Gasteiger partial charge in [-0.15, -0.1) is 0 Å². The van der Waals surface area contributed by atoms with E-state index >= 15 is 13.2 Å².